The summed E-state index contributed by atoms with van der Waals surface area (Å²) >= 11 is 0. The van der Waals surface area contributed by atoms with Crippen LogP contribution in [0, 0.1) is 5.92 Å². The number of rotatable bonds is 2. The molecule has 0 aliphatic carbocycles. The first-order valence-electron chi connectivity index (χ1n) is 8.74. The molecule has 0 fully saturated rings. The summed E-state index contributed by atoms with van der Waals surface area (Å²) in [7, 11) is 0. The van der Waals surface area contributed by atoms with E-state index in [4.69, 9.17) is 0 Å². The number of hydrogen-bond donors (Lipinski definition) is 0. The van der Waals surface area contributed by atoms with Gasteiger partial charge in [-0.1, -0.05) is 62.4 Å². The van der Waals surface area contributed by atoms with Crippen molar-refractivity contribution in [3.8, 4) is 0 Å². The van der Waals surface area contributed by atoms with Crippen LogP contribution in [0.15, 0.2) is 48.5 Å². The molecule has 1 nitrogen and oxygen atoms in total. The molecule has 114 valence electrons. The van der Waals surface area contributed by atoms with Gasteiger partial charge in [-0.2, -0.15) is 0 Å². The van der Waals surface area contributed by atoms with E-state index >= 15 is 0 Å². The second-order valence-electron chi connectivity index (χ2n) is 6.87. The van der Waals surface area contributed by atoms with Gasteiger partial charge >= 0.3 is 0 Å². The lowest BCUT2D eigenvalue weighted by Gasteiger charge is -2.49. The summed E-state index contributed by atoms with van der Waals surface area (Å²) in [5.74, 6) is 1.20. The van der Waals surface area contributed by atoms with Gasteiger partial charge < -0.3 is 4.90 Å². The molecule has 0 spiro atoms. The van der Waals surface area contributed by atoms with Gasteiger partial charge in [0.2, 0.25) is 0 Å². The normalized spacial score (nSPS) is 26.6. The maximum Gasteiger partial charge on any atom is 0.0440 e. The minimum absolute atomic E-state index is 0.537. The topological polar surface area (TPSA) is 3.24 Å². The highest BCUT2D eigenvalue weighted by Crippen LogP contribution is 2.49. The molecule has 0 unspecified atom stereocenters. The quantitative estimate of drug-likeness (QED) is 0.752. The van der Waals surface area contributed by atoms with E-state index in [2.05, 4.69) is 67.3 Å². The van der Waals surface area contributed by atoms with Crippen molar-refractivity contribution in [1.82, 2.24) is 0 Å². The molecule has 0 saturated heterocycles. The second kappa shape index (κ2) is 5.46. The van der Waals surface area contributed by atoms with E-state index < -0.39 is 0 Å². The van der Waals surface area contributed by atoms with Gasteiger partial charge in [0, 0.05) is 24.2 Å². The zero-order valence-corrected chi connectivity index (χ0v) is 13.6. The molecule has 0 bridgehead atoms. The molecular formula is C21H25N. The van der Waals surface area contributed by atoms with E-state index in [0.717, 1.165) is 0 Å². The standard InChI is InChI=1S/C21H25N/c1-3-19-15(2)20(16-9-5-4-6-10-16)18-13-7-11-17-12-8-14-22(19)21(17)18/h4-7,9-11,13,15,19-20H,3,8,12,14H2,1-2H3/t15-,19-,20-/m1/s1. The molecular weight excluding hydrogens is 266 g/mol. The number of para-hydroxylation sites is 1. The summed E-state index contributed by atoms with van der Waals surface area (Å²) in [6.45, 7) is 6.04. The van der Waals surface area contributed by atoms with Crippen molar-refractivity contribution in [3.05, 3.63) is 65.2 Å². The van der Waals surface area contributed by atoms with Gasteiger partial charge in [-0.15, -0.1) is 0 Å². The third-order valence-electron chi connectivity index (χ3n) is 5.73. The minimum Gasteiger partial charge on any atom is -0.368 e. The SMILES string of the molecule is CC[C@@H]1[C@@H](C)[C@H](c2ccccc2)c2cccc3c2N1CCC3. The van der Waals surface area contributed by atoms with Gasteiger partial charge in [-0.05, 0) is 41.9 Å². The summed E-state index contributed by atoms with van der Waals surface area (Å²) in [6, 6.07) is 18.8. The number of anilines is 1. The molecule has 2 aromatic rings. The Morgan fingerprint density at radius 3 is 2.64 bits per heavy atom. The second-order valence-corrected chi connectivity index (χ2v) is 6.87. The van der Waals surface area contributed by atoms with Crippen LogP contribution in [-0.4, -0.2) is 12.6 Å². The first kappa shape index (κ1) is 13.9. The molecule has 2 heterocycles. The number of hydrogen-bond acceptors (Lipinski definition) is 1. The van der Waals surface area contributed by atoms with Crippen LogP contribution in [0.2, 0.25) is 0 Å². The predicted octanol–water partition coefficient (Wildman–Crippen LogP) is 5.00. The lowest BCUT2D eigenvalue weighted by molar-refractivity contribution is 0.351. The van der Waals surface area contributed by atoms with Crippen LogP contribution in [-0.2, 0) is 6.42 Å². The monoisotopic (exact) mass is 291 g/mol. The summed E-state index contributed by atoms with van der Waals surface area (Å²) in [6.07, 6.45) is 3.78. The van der Waals surface area contributed by atoms with Crippen molar-refractivity contribution in [2.75, 3.05) is 11.4 Å². The van der Waals surface area contributed by atoms with E-state index in [1.54, 1.807) is 16.8 Å². The third-order valence-corrected chi connectivity index (χ3v) is 5.73. The summed E-state index contributed by atoms with van der Waals surface area (Å²) in [5.41, 5.74) is 6.16. The van der Waals surface area contributed by atoms with Crippen molar-refractivity contribution >= 4 is 5.69 Å². The average molecular weight is 291 g/mol. The Morgan fingerprint density at radius 2 is 1.86 bits per heavy atom. The molecule has 2 aliphatic heterocycles. The van der Waals surface area contributed by atoms with Gasteiger partial charge in [-0.25, -0.2) is 0 Å². The fourth-order valence-corrected chi connectivity index (χ4v) is 4.82. The summed E-state index contributed by atoms with van der Waals surface area (Å²) in [4.78, 5) is 2.72. The highest BCUT2D eigenvalue weighted by atomic mass is 15.2. The molecule has 0 amide bonds. The van der Waals surface area contributed by atoms with Crippen LogP contribution >= 0.6 is 0 Å². The Bertz CT molecular complexity index is 661. The molecule has 0 saturated carbocycles. The zero-order valence-electron chi connectivity index (χ0n) is 13.6. The summed E-state index contributed by atoms with van der Waals surface area (Å²) < 4.78 is 0. The van der Waals surface area contributed by atoms with Crippen molar-refractivity contribution in [2.24, 2.45) is 5.92 Å². The highest BCUT2D eigenvalue weighted by molar-refractivity contribution is 5.67. The van der Waals surface area contributed by atoms with Gasteiger partial charge in [-0.3, -0.25) is 0 Å². The largest absolute Gasteiger partial charge is 0.368 e. The van der Waals surface area contributed by atoms with Gasteiger partial charge in [0.1, 0.15) is 0 Å². The first-order chi connectivity index (χ1) is 10.8. The Morgan fingerprint density at radius 1 is 1.05 bits per heavy atom. The Balaban J connectivity index is 1.92. The maximum absolute atomic E-state index is 2.72. The molecule has 3 atom stereocenters. The van der Waals surface area contributed by atoms with Crippen molar-refractivity contribution in [2.45, 2.75) is 45.1 Å². The highest BCUT2D eigenvalue weighted by Gasteiger charge is 2.40. The number of benzene rings is 2. The number of nitrogens with zero attached hydrogens (tertiary/aromatic N) is 1. The molecule has 1 heteroatoms. The molecule has 4 rings (SSSR count). The lowest BCUT2D eigenvalue weighted by atomic mass is 9.71. The van der Waals surface area contributed by atoms with Crippen LogP contribution < -0.4 is 4.90 Å². The van der Waals surface area contributed by atoms with E-state index in [1.807, 2.05) is 0 Å². The molecule has 2 aromatic carbocycles. The van der Waals surface area contributed by atoms with Crippen molar-refractivity contribution in [3.63, 3.8) is 0 Å². The predicted molar refractivity (Wildman–Crippen MR) is 93.6 cm³/mol. The van der Waals surface area contributed by atoms with Gasteiger partial charge in [0.15, 0.2) is 0 Å². The number of aryl methyl sites for hydroxylation is 1. The average Bonchev–Trinajstić information content (AvgIpc) is 2.56. The minimum atomic E-state index is 0.537. The van der Waals surface area contributed by atoms with Crippen LogP contribution in [0.25, 0.3) is 0 Å². The maximum atomic E-state index is 2.72. The molecule has 0 radical (unpaired) electrons. The van der Waals surface area contributed by atoms with Crippen LogP contribution in [0.4, 0.5) is 5.69 Å². The third kappa shape index (κ3) is 1.99. The van der Waals surface area contributed by atoms with E-state index in [9.17, 15) is 0 Å². The van der Waals surface area contributed by atoms with Gasteiger partial charge in [0.25, 0.3) is 0 Å². The van der Waals surface area contributed by atoms with Gasteiger partial charge in [0.05, 0.1) is 0 Å². The van der Waals surface area contributed by atoms with Crippen LogP contribution in [0.1, 0.15) is 49.3 Å². The van der Waals surface area contributed by atoms with E-state index in [1.165, 1.54) is 31.4 Å². The Labute approximate surface area is 134 Å². The van der Waals surface area contributed by atoms with E-state index in [-0.39, 0.29) is 0 Å². The molecule has 0 N–H and O–H groups in total. The Kier molecular flexibility index (Phi) is 3.44. The Hall–Kier alpha value is -1.76. The van der Waals surface area contributed by atoms with E-state index in [0.29, 0.717) is 17.9 Å². The fraction of sp³-hybridized carbons (Fsp3) is 0.429. The van der Waals surface area contributed by atoms with Crippen LogP contribution in [0.5, 0.6) is 0 Å². The zero-order chi connectivity index (χ0) is 15.1. The molecule has 2 aliphatic rings. The smallest absolute Gasteiger partial charge is 0.0440 e. The first-order valence-corrected chi connectivity index (χ1v) is 8.74. The summed E-state index contributed by atoms with van der Waals surface area (Å²) in [5, 5.41) is 0. The molecule has 22 heavy (non-hydrogen) atoms. The van der Waals surface area contributed by atoms with Crippen LogP contribution in [0.3, 0.4) is 0 Å². The van der Waals surface area contributed by atoms with Crippen molar-refractivity contribution < 1.29 is 0 Å². The lowest BCUT2D eigenvalue weighted by Crippen LogP contribution is -2.48. The molecule has 0 aromatic heterocycles. The fourth-order valence-electron chi connectivity index (χ4n) is 4.82. The van der Waals surface area contributed by atoms with Crippen molar-refractivity contribution in [1.29, 1.82) is 0 Å².